The second-order valence-corrected chi connectivity index (χ2v) is 8.57. The lowest BCUT2D eigenvalue weighted by molar-refractivity contribution is -0.143. The Morgan fingerprint density at radius 3 is 1.97 bits per heavy atom. The van der Waals surface area contributed by atoms with Gasteiger partial charge in [-0.05, 0) is 68.1 Å². The normalized spacial score (nSPS) is 17.9. The van der Waals surface area contributed by atoms with Gasteiger partial charge in [-0.15, -0.1) is 0 Å². The third-order valence-corrected chi connectivity index (χ3v) is 5.99. The van der Waals surface area contributed by atoms with Crippen molar-refractivity contribution in [3.8, 4) is 5.75 Å². The van der Waals surface area contributed by atoms with Gasteiger partial charge in [0.1, 0.15) is 5.75 Å². The third kappa shape index (κ3) is 7.35. The summed E-state index contributed by atoms with van der Waals surface area (Å²) in [5.41, 5.74) is -0.667. The summed E-state index contributed by atoms with van der Waals surface area (Å²) < 4.78 is 44.2. The summed E-state index contributed by atoms with van der Waals surface area (Å²) in [5.74, 6) is -1.50. The Labute approximate surface area is 204 Å². The van der Waals surface area contributed by atoms with Gasteiger partial charge in [-0.1, -0.05) is 11.6 Å². The number of alkyl halides is 3. The topological polar surface area (TPSA) is 105 Å². The number of hydrogen-bond acceptors (Lipinski definition) is 4. The van der Waals surface area contributed by atoms with Gasteiger partial charge < -0.3 is 20.5 Å². The van der Waals surface area contributed by atoms with Crippen molar-refractivity contribution in [1.29, 1.82) is 0 Å². The minimum atomic E-state index is -4.61. The largest absolute Gasteiger partial charge is 0.490 e. The number of carbonyl (C=O) groups is 3. The number of halogens is 4. The highest BCUT2D eigenvalue weighted by molar-refractivity contribution is 6.31. The zero-order valence-corrected chi connectivity index (χ0v) is 19.3. The van der Waals surface area contributed by atoms with E-state index in [-0.39, 0.29) is 36.6 Å². The summed E-state index contributed by atoms with van der Waals surface area (Å²) in [6.07, 6.45) is -2.21. The Balaban J connectivity index is 1.41. The van der Waals surface area contributed by atoms with Crippen molar-refractivity contribution < 1.29 is 37.4 Å². The molecule has 1 aliphatic carbocycles. The van der Waals surface area contributed by atoms with Crippen molar-refractivity contribution in [3.05, 3.63) is 64.2 Å². The Hall–Kier alpha value is -3.27. The SMILES string of the molecule is O=C(NCCNC(=O)c1ccc(C(F)(F)F)c(Cl)c1)c1ccc(O[C@H]2CC[C@@H](C(=O)O)CC2)cc1. The van der Waals surface area contributed by atoms with Gasteiger partial charge in [-0.25, -0.2) is 0 Å². The van der Waals surface area contributed by atoms with E-state index in [1.54, 1.807) is 24.3 Å². The van der Waals surface area contributed by atoms with Crippen molar-refractivity contribution in [2.75, 3.05) is 13.1 Å². The first-order chi connectivity index (χ1) is 16.5. The van der Waals surface area contributed by atoms with Crippen molar-refractivity contribution in [3.63, 3.8) is 0 Å². The summed E-state index contributed by atoms with van der Waals surface area (Å²) in [7, 11) is 0. The molecule has 0 heterocycles. The summed E-state index contributed by atoms with van der Waals surface area (Å²) in [4.78, 5) is 35.4. The molecule has 3 rings (SSSR count). The molecule has 0 saturated heterocycles. The average Bonchev–Trinajstić information content (AvgIpc) is 2.81. The number of hydrogen-bond donors (Lipinski definition) is 3. The molecule has 0 unspecified atom stereocenters. The fourth-order valence-electron chi connectivity index (χ4n) is 3.75. The van der Waals surface area contributed by atoms with Crippen molar-refractivity contribution in [1.82, 2.24) is 10.6 Å². The molecule has 188 valence electrons. The van der Waals surface area contributed by atoms with Crippen molar-refractivity contribution in [2.24, 2.45) is 5.92 Å². The maximum Gasteiger partial charge on any atom is 0.417 e. The number of nitrogens with one attached hydrogen (secondary N) is 2. The monoisotopic (exact) mass is 512 g/mol. The molecule has 2 aromatic rings. The lowest BCUT2D eigenvalue weighted by atomic mass is 9.87. The number of amides is 2. The molecular weight excluding hydrogens is 489 g/mol. The van der Waals surface area contributed by atoms with Gasteiger partial charge in [-0.3, -0.25) is 14.4 Å². The summed E-state index contributed by atoms with van der Waals surface area (Å²) in [5, 5.41) is 13.6. The molecule has 0 aliphatic heterocycles. The van der Waals surface area contributed by atoms with Crippen LogP contribution in [-0.2, 0) is 11.0 Å². The molecule has 2 amide bonds. The van der Waals surface area contributed by atoms with Gasteiger partial charge in [0.05, 0.1) is 22.6 Å². The molecule has 11 heteroatoms. The molecule has 0 radical (unpaired) electrons. The highest BCUT2D eigenvalue weighted by Gasteiger charge is 2.33. The van der Waals surface area contributed by atoms with Crippen molar-refractivity contribution in [2.45, 2.75) is 38.0 Å². The smallest absolute Gasteiger partial charge is 0.417 e. The first-order valence-electron chi connectivity index (χ1n) is 11.0. The first-order valence-corrected chi connectivity index (χ1v) is 11.3. The molecule has 35 heavy (non-hydrogen) atoms. The Bertz CT molecular complexity index is 1070. The van der Waals surface area contributed by atoms with Crippen LogP contribution in [0.4, 0.5) is 13.2 Å². The zero-order valence-electron chi connectivity index (χ0n) is 18.5. The van der Waals surface area contributed by atoms with Crippen LogP contribution in [0.15, 0.2) is 42.5 Å². The van der Waals surface area contributed by atoms with E-state index in [4.69, 9.17) is 21.4 Å². The minimum absolute atomic E-state index is 0.0265. The highest BCUT2D eigenvalue weighted by atomic mass is 35.5. The van der Waals surface area contributed by atoms with Gasteiger partial charge in [0, 0.05) is 24.2 Å². The quantitative estimate of drug-likeness (QED) is 0.450. The van der Waals surface area contributed by atoms with Crippen molar-refractivity contribution >= 4 is 29.4 Å². The standard InChI is InChI=1S/C24H24ClF3N2O5/c25-20-13-16(5-10-19(20)24(26,27)28)22(32)30-12-11-29-21(31)14-1-6-17(7-2-14)35-18-8-3-15(4-9-18)23(33)34/h1-2,5-7,10,13,15,18H,3-4,8-9,11-12H2,(H,29,31)(H,30,32)(H,33,34)/t15-,18+. The minimum Gasteiger partial charge on any atom is -0.490 e. The lowest BCUT2D eigenvalue weighted by Gasteiger charge is -2.26. The van der Waals surface area contributed by atoms with E-state index in [0.29, 0.717) is 37.0 Å². The number of carboxylic acid groups (broad SMARTS) is 1. The van der Waals surface area contributed by atoms with Gasteiger partial charge in [0.25, 0.3) is 11.8 Å². The molecule has 1 fully saturated rings. The van der Waals surface area contributed by atoms with E-state index in [1.807, 2.05) is 0 Å². The summed E-state index contributed by atoms with van der Waals surface area (Å²) in [6, 6.07) is 9.23. The van der Waals surface area contributed by atoms with Crippen LogP contribution in [0.3, 0.4) is 0 Å². The molecule has 2 aromatic carbocycles. The Morgan fingerprint density at radius 1 is 0.914 bits per heavy atom. The molecule has 0 aromatic heterocycles. The van der Waals surface area contributed by atoms with E-state index < -0.39 is 28.6 Å². The molecule has 1 saturated carbocycles. The maximum absolute atomic E-state index is 12.8. The maximum atomic E-state index is 12.8. The number of benzene rings is 2. The van der Waals surface area contributed by atoms with Crippen LogP contribution in [0.5, 0.6) is 5.75 Å². The molecule has 3 N–H and O–H groups in total. The van der Waals surface area contributed by atoms with Gasteiger partial charge >= 0.3 is 12.1 Å². The fraction of sp³-hybridized carbons (Fsp3) is 0.375. The van der Waals surface area contributed by atoms with Crippen LogP contribution in [0, 0.1) is 5.92 Å². The molecular formula is C24H24ClF3N2O5. The summed E-state index contributed by atoms with van der Waals surface area (Å²) >= 11 is 5.62. The second-order valence-electron chi connectivity index (χ2n) is 8.16. The van der Waals surface area contributed by atoms with Crippen LogP contribution in [-0.4, -0.2) is 42.1 Å². The van der Waals surface area contributed by atoms with Crippen LogP contribution in [0.2, 0.25) is 5.02 Å². The molecule has 0 spiro atoms. The van der Waals surface area contributed by atoms with Gasteiger partial charge in [0.15, 0.2) is 0 Å². The highest BCUT2D eigenvalue weighted by Crippen LogP contribution is 2.35. The van der Waals surface area contributed by atoms with Gasteiger partial charge in [0.2, 0.25) is 0 Å². The molecule has 7 nitrogen and oxygen atoms in total. The second kappa shape index (κ2) is 11.4. The Kier molecular flexibility index (Phi) is 8.61. The summed E-state index contributed by atoms with van der Waals surface area (Å²) in [6.45, 7) is 0.160. The Morgan fingerprint density at radius 2 is 1.46 bits per heavy atom. The predicted octanol–water partition coefficient (Wildman–Crippen LogP) is 4.54. The fourth-order valence-corrected chi connectivity index (χ4v) is 4.04. The van der Waals surface area contributed by atoms with Crippen LogP contribution in [0.25, 0.3) is 0 Å². The van der Waals surface area contributed by atoms with Gasteiger partial charge in [-0.2, -0.15) is 13.2 Å². The molecule has 1 aliphatic rings. The molecule has 0 bridgehead atoms. The lowest BCUT2D eigenvalue weighted by Crippen LogP contribution is -2.34. The van der Waals surface area contributed by atoms with Crippen LogP contribution in [0.1, 0.15) is 52.0 Å². The number of ether oxygens (including phenoxy) is 1. The van der Waals surface area contributed by atoms with E-state index in [1.165, 1.54) is 0 Å². The van der Waals surface area contributed by atoms with E-state index in [9.17, 15) is 27.6 Å². The predicted molar refractivity (Wildman–Crippen MR) is 122 cm³/mol. The van der Waals surface area contributed by atoms with E-state index in [0.717, 1.165) is 18.2 Å². The van der Waals surface area contributed by atoms with Crippen LogP contribution < -0.4 is 15.4 Å². The molecule has 0 atom stereocenters. The number of carboxylic acids is 1. The number of carbonyl (C=O) groups excluding carboxylic acids is 2. The van der Waals surface area contributed by atoms with E-state index >= 15 is 0 Å². The third-order valence-electron chi connectivity index (χ3n) is 5.68. The number of aliphatic carboxylic acids is 1. The average molecular weight is 513 g/mol. The first kappa shape index (κ1) is 26.3. The van der Waals surface area contributed by atoms with E-state index in [2.05, 4.69) is 10.6 Å². The van der Waals surface area contributed by atoms with Crippen LogP contribution >= 0.6 is 11.6 Å². The zero-order chi connectivity index (χ0) is 25.6. The number of rotatable bonds is 8.